The summed E-state index contributed by atoms with van der Waals surface area (Å²) in [5.41, 5.74) is 11.7. The largest absolute Gasteiger partial charge is 0.396 e. The van der Waals surface area contributed by atoms with Crippen molar-refractivity contribution >= 4 is 22.7 Å². The Kier molecular flexibility index (Phi) is 2.95. The highest BCUT2D eigenvalue weighted by Gasteiger charge is 2.15. The molecule has 0 unspecified atom stereocenters. The number of anilines is 2. The maximum Gasteiger partial charge on any atom is 0.226 e. The van der Waals surface area contributed by atoms with Gasteiger partial charge in [0.2, 0.25) is 5.65 Å². The number of hydrogen-bond acceptors (Lipinski definition) is 8. The molecule has 0 fully saturated rings. The van der Waals surface area contributed by atoms with E-state index in [-0.39, 0.29) is 0 Å². The van der Waals surface area contributed by atoms with Gasteiger partial charge in [-0.15, -0.1) is 0 Å². The number of pyridine rings is 1. The summed E-state index contributed by atoms with van der Waals surface area (Å²) in [6.45, 7) is 2.33. The summed E-state index contributed by atoms with van der Waals surface area (Å²) in [7, 11) is 1.52. The van der Waals surface area contributed by atoms with Crippen LogP contribution < -0.4 is 11.2 Å². The molecule has 0 aliphatic rings. The molecule has 3 N–H and O–H groups in total. The second kappa shape index (κ2) is 4.78. The molecule has 104 valence electrons. The fourth-order valence-electron chi connectivity index (χ4n) is 1.96. The van der Waals surface area contributed by atoms with Crippen molar-refractivity contribution in [1.29, 1.82) is 0 Å². The lowest BCUT2D eigenvalue weighted by Gasteiger charge is -2.08. The van der Waals surface area contributed by atoms with Gasteiger partial charge in [0.1, 0.15) is 0 Å². The van der Waals surface area contributed by atoms with Crippen LogP contribution in [0.5, 0.6) is 0 Å². The summed E-state index contributed by atoms with van der Waals surface area (Å²) in [6.07, 6.45) is 1.81. The molecule has 0 spiro atoms. The molecule has 0 saturated carbocycles. The molecule has 0 bridgehead atoms. The Balaban J connectivity index is 1.96. The van der Waals surface area contributed by atoms with Crippen molar-refractivity contribution in [3.05, 3.63) is 23.5 Å². The average Bonchev–Trinajstić information content (AvgIpc) is 3.04. The second-order valence-electron chi connectivity index (χ2n) is 4.23. The first kappa shape index (κ1) is 12.4. The van der Waals surface area contributed by atoms with Crippen LogP contribution >= 0.6 is 0 Å². The van der Waals surface area contributed by atoms with Gasteiger partial charge in [0.25, 0.3) is 0 Å². The average molecular weight is 275 g/mol. The Morgan fingerprint density at radius 3 is 3.10 bits per heavy atom. The van der Waals surface area contributed by atoms with Crippen molar-refractivity contribution in [2.45, 2.75) is 13.5 Å². The van der Waals surface area contributed by atoms with Crippen LogP contribution in [0.25, 0.3) is 11.2 Å². The number of aromatic nitrogens is 5. The zero-order valence-electron chi connectivity index (χ0n) is 11.0. The summed E-state index contributed by atoms with van der Waals surface area (Å²) in [5, 5.41) is 11.7. The van der Waals surface area contributed by atoms with Gasteiger partial charge < -0.3 is 5.73 Å². The fourth-order valence-corrected chi connectivity index (χ4v) is 1.96. The van der Waals surface area contributed by atoms with Crippen LogP contribution in [0, 0.1) is 6.92 Å². The molecule has 0 aromatic carbocycles. The third kappa shape index (κ3) is 2.03. The lowest BCUT2D eigenvalue weighted by atomic mass is 10.1. The number of hydrogen-bond donors (Lipinski definition) is 2. The van der Waals surface area contributed by atoms with E-state index in [4.69, 9.17) is 10.6 Å². The minimum atomic E-state index is 0.408. The van der Waals surface area contributed by atoms with E-state index in [9.17, 15) is 0 Å². The van der Waals surface area contributed by atoms with E-state index >= 15 is 0 Å². The zero-order valence-corrected chi connectivity index (χ0v) is 11.0. The van der Waals surface area contributed by atoms with E-state index in [1.165, 1.54) is 7.11 Å². The first-order chi connectivity index (χ1) is 9.69. The first-order valence-electron chi connectivity index (χ1n) is 5.88. The molecule has 20 heavy (non-hydrogen) atoms. The molecule has 9 heteroatoms. The van der Waals surface area contributed by atoms with Crippen LogP contribution in [0.15, 0.2) is 16.9 Å². The highest BCUT2D eigenvalue weighted by atomic mass is 16.6. The third-order valence-corrected chi connectivity index (χ3v) is 2.93. The lowest BCUT2D eigenvalue weighted by molar-refractivity contribution is 0.268. The molecule has 3 aromatic heterocycles. The number of nitrogens with one attached hydrogen (secondary N) is 1. The molecule has 3 heterocycles. The van der Waals surface area contributed by atoms with Crippen molar-refractivity contribution in [3.8, 4) is 0 Å². The Hall–Kier alpha value is -2.68. The minimum Gasteiger partial charge on any atom is -0.396 e. The van der Waals surface area contributed by atoms with Gasteiger partial charge in [-0.25, -0.2) is 15.1 Å². The summed E-state index contributed by atoms with van der Waals surface area (Å²) < 4.78 is 6.37. The molecule has 0 amide bonds. The summed E-state index contributed by atoms with van der Waals surface area (Å²) >= 11 is 0. The van der Waals surface area contributed by atoms with Crippen molar-refractivity contribution in [2.75, 3.05) is 18.3 Å². The summed E-state index contributed by atoms with van der Waals surface area (Å²) in [4.78, 5) is 9.10. The van der Waals surface area contributed by atoms with Gasteiger partial charge in [-0.1, -0.05) is 0 Å². The van der Waals surface area contributed by atoms with Crippen LogP contribution in [0.3, 0.4) is 0 Å². The number of nitrogens with zero attached hydrogens (tertiary/aromatic N) is 5. The Labute approximate surface area is 113 Å². The van der Waals surface area contributed by atoms with Crippen molar-refractivity contribution in [3.63, 3.8) is 0 Å². The normalized spacial score (nSPS) is 11.1. The molecule has 0 radical (unpaired) electrons. The standard InChI is InChI=1S/C11H13N7O2/c1-6-7(5-18-4-3-8(14-18)15-19-2)9(12)10-11(13-6)17-20-16-10/h3-4H,5,12H2,1-2H3,(H,14,15). The van der Waals surface area contributed by atoms with Gasteiger partial charge in [-0.2, -0.15) is 5.10 Å². The topological polar surface area (TPSA) is 117 Å². The van der Waals surface area contributed by atoms with Crippen LogP contribution in [0.2, 0.25) is 0 Å². The smallest absolute Gasteiger partial charge is 0.226 e. The summed E-state index contributed by atoms with van der Waals surface area (Å²) in [5.74, 6) is 0.612. The number of nitrogen functional groups attached to an aromatic ring is 1. The SMILES string of the molecule is CONc1ccn(Cc2c(C)nc3nonc3c2N)n1. The van der Waals surface area contributed by atoms with E-state index in [2.05, 4.69) is 30.5 Å². The monoisotopic (exact) mass is 275 g/mol. The van der Waals surface area contributed by atoms with E-state index in [1.54, 1.807) is 10.7 Å². The molecule has 9 nitrogen and oxygen atoms in total. The van der Waals surface area contributed by atoms with Crippen molar-refractivity contribution in [1.82, 2.24) is 25.1 Å². The molecule has 0 saturated heterocycles. The van der Waals surface area contributed by atoms with Crippen LogP contribution in [-0.2, 0) is 11.4 Å². The third-order valence-electron chi connectivity index (χ3n) is 2.93. The van der Waals surface area contributed by atoms with Gasteiger partial charge in [-0.3, -0.25) is 9.52 Å². The van der Waals surface area contributed by atoms with E-state index in [0.717, 1.165) is 11.3 Å². The van der Waals surface area contributed by atoms with Gasteiger partial charge in [0.15, 0.2) is 11.3 Å². The Morgan fingerprint density at radius 1 is 1.45 bits per heavy atom. The molecule has 0 aliphatic heterocycles. The zero-order chi connectivity index (χ0) is 14.1. The lowest BCUT2D eigenvalue weighted by Crippen LogP contribution is -2.08. The second-order valence-corrected chi connectivity index (χ2v) is 4.23. The first-order valence-corrected chi connectivity index (χ1v) is 5.88. The molecular formula is C11H13N7O2. The van der Waals surface area contributed by atoms with E-state index < -0.39 is 0 Å². The van der Waals surface area contributed by atoms with Crippen molar-refractivity contribution < 1.29 is 9.47 Å². The Morgan fingerprint density at radius 2 is 2.30 bits per heavy atom. The minimum absolute atomic E-state index is 0.408. The van der Waals surface area contributed by atoms with E-state index in [1.807, 2.05) is 13.1 Å². The molecule has 0 aliphatic carbocycles. The number of aryl methyl sites for hydroxylation is 1. The number of rotatable bonds is 4. The molecule has 3 rings (SSSR count). The van der Waals surface area contributed by atoms with Gasteiger partial charge in [-0.05, 0) is 17.2 Å². The number of nitrogens with two attached hydrogens (primary N) is 1. The van der Waals surface area contributed by atoms with E-state index in [0.29, 0.717) is 29.2 Å². The predicted octanol–water partition coefficient (Wildman–Crippen LogP) is 0.727. The predicted molar refractivity (Wildman–Crippen MR) is 70.7 cm³/mol. The molecular weight excluding hydrogens is 262 g/mol. The van der Waals surface area contributed by atoms with Crippen LogP contribution in [0.4, 0.5) is 11.5 Å². The van der Waals surface area contributed by atoms with Gasteiger partial charge >= 0.3 is 0 Å². The molecule has 3 aromatic rings. The van der Waals surface area contributed by atoms with Crippen LogP contribution in [0.1, 0.15) is 11.3 Å². The maximum atomic E-state index is 6.09. The highest BCUT2D eigenvalue weighted by Crippen LogP contribution is 2.23. The van der Waals surface area contributed by atoms with Gasteiger partial charge in [0, 0.05) is 23.5 Å². The molecule has 0 atom stereocenters. The maximum absolute atomic E-state index is 6.09. The van der Waals surface area contributed by atoms with Crippen molar-refractivity contribution in [2.24, 2.45) is 0 Å². The summed E-state index contributed by atoms with van der Waals surface area (Å²) in [6, 6.07) is 1.79. The number of fused-ring (bicyclic) bond motifs is 1. The Bertz CT molecular complexity index is 748. The fraction of sp³-hybridized carbons (Fsp3) is 0.273. The van der Waals surface area contributed by atoms with Crippen LogP contribution in [-0.4, -0.2) is 32.2 Å². The quantitative estimate of drug-likeness (QED) is 0.669. The highest BCUT2D eigenvalue weighted by molar-refractivity contribution is 5.85. The van der Waals surface area contributed by atoms with Gasteiger partial charge in [0.05, 0.1) is 19.3 Å².